The number of benzene rings is 3. The Hall–Kier alpha value is -3.72. The van der Waals surface area contributed by atoms with E-state index in [1.807, 2.05) is 44.2 Å². The predicted molar refractivity (Wildman–Crippen MR) is 148 cm³/mol. The van der Waals surface area contributed by atoms with Gasteiger partial charge in [-0.05, 0) is 23.1 Å². The van der Waals surface area contributed by atoms with Crippen molar-refractivity contribution in [3.8, 4) is 0 Å². The first kappa shape index (κ1) is 28.8. The maximum atomic E-state index is 14.6. The van der Waals surface area contributed by atoms with Crippen LogP contribution in [0, 0.1) is 21.8 Å². The van der Waals surface area contributed by atoms with Gasteiger partial charge in [0.1, 0.15) is 11.9 Å². The molecule has 3 rings (SSSR count). The van der Waals surface area contributed by atoms with Crippen molar-refractivity contribution in [2.24, 2.45) is 5.92 Å². The van der Waals surface area contributed by atoms with Crippen LogP contribution in [-0.4, -0.2) is 40.0 Å². The molecule has 2 amide bonds. The summed E-state index contributed by atoms with van der Waals surface area (Å²) in [5, 5.41) is 13.8. The molecule has 1 atom stereocenters. The monoisotopic (exact) mass is 537 g/mol. The molecule has 0 heterocycles. The van der Waals surface area contributed by atoms with E-state index in [0.717, 1.165) is 11.1 Å². The van der Waals surface area contributed by atoms with E-state index in [2.05, 4.69) is 5.32 Å². The average Bonchev–Trinajstić information content (AvgIpc) is 2.91. The van der Waals surface area contributed by atoms with Gasteiger partial charge in [-0.1, -0.05) is 74.5 Å². The number of non-ortho nitro benzene ring substituents is 1. The first-order chi connectivity index (χ1) is 18.2. The van der Waals surface area contributed by atoms with E-state index in [1.54, 1.807) is 30.3 Å². The third-order valence-electron chi connectivity index (χ3n) is 5.90. The number of nitrogens with one attached hydrogen (secondary N) is 1. The Morgan fingerprint density at radius 3 is 2.26 bits per heavy atom. The van der Waals surface area contributed by atoms with E-state index in [-0.39, 0.29) is 42.1 Å². The predicted octanol–water partition coefficient (Wildman–Crippen LogP) is 5.38. The van der Waals surface area contributed by atoms with Gasteiger partial charge in [0.25, 0.3) is 5.69 Å². The summed E-state index contributed by atoms with van der Waals surface area (Å²) in [6, 6.07) is 21.0. The summed E-state index contributed by atoms with van der Waals surface area (Å²) < 4.78 is 14.6. The van der Waals surface area contributed by atoms with Crippen molar-refractivity contribution in [1.82, 2.24) is 10.2 Å². The molecule has 0 saturated carbocycles. The van der Waals surface area contributed by atoms with Crippen LogP contribution in [0.3, 0.4) is 0 Å². The molecular weight excluding hydrogens is 505 g/mol. The average molecular weight is 538 g/mol. The van der Waals surface area contributed by atoms with Crippen molar-refractivity contribution in [3.63, 3.8) is 0 Å². The van der Waals surface area contributed by atoms with Crippen LogP contribution in [0.15, 0.2) is 78.9 Å². The number of nitro groups is 1. The number of nitro benzene ring substituents is 1. The van der Waals surface area contributed by atoms with E-state index in [0.29, 0.717) is 17.9 Å². The third-order valence-corrected chi connectivity index (χ3v) is 6.88. The smallest absolute Gasteiger partial charge is 0.269 e. The molecule has 0 aromatic heterocycles. The van der Waals surface area contributed by atoms with Gasteiger partial charge in [0, 0.05) is 43.0 Å². The van der Waals surface area contributed by atoms with Crippen molar-refractivity contribution in [2.75, 3.05) is 12.3 Å². The Balaban J connectivity index is 1.82. The molecule has 0 aliphatic carbocycles. The standard InChI is InChI=1S/C29H32FN3O4S/c1-21(2)17-31-29(35)27(16-22-8-4-3-5-9-22)32(18-24-10-6-7-11-26(24)30)28(34)20-38-19-23-12-14-25(15-13-23)33(36)37/h3-15,21,27H,16-20H2,1-2H3,(H,31,35)/t27-/m0/s1. The van der Waals surface area contributed by atoms with Crippen LogP contribution < -0.4 is 5.32 Å². The topological polar surface area (TPSA) is 92.6 Å². The fourth-order valence-corrected chi connectivity index (χ4v) is 4.71. The number of nitrogens with zero attached hydrogens (tertiary/aromatic N) is 2. The molecule has 1 N–H and O–H groups in total. The summed E-state index contributed by atoms with van der Waals surface area (Å²) >= 11 is 1.34. The molecule has 0 aliphatic rings. The van der Waals surface area contributed by atoms with Gasteiger partial charge in [0.05, 0.1) is 10.7 Å². The van der Waals surface area contributed by atoms with E-state index < -0.39 is 16.8 Å². The molecule has 200 valence electrons. The Morgan fingerprint density at radius 2 is 1.63 bits per heavy atom. The molecule has 3 aromatic carbocycles. The molecule has 0 bridgehead atoms. The number of carbonyl (C=O) groups excluding carboxylic acids is 2. The quantitative estimate of drug-likeness (QED) is 0.233. The molecule has 7 nitrogen and oxygen atoms in total. The number of hydrogen-bond donors (Lipinski definition) is 1. The second kappa shape index (κ2) is 14.3. The molecule has 0 fully saturated rings. The second-order valence-electron chi connectivity index (χ2n) is 9.37. The van der Waals surface area contributed by atoms with E-state index in [9.17, 15) is 24.1 Å². The van der Waals surface area contributed by atoms with Gasteiger partial charge in [-0.3, -0.25) is 19.7 Å². The summed E-state index contributed by atoms with van der Waals surface area (Å²) in [5.74, 6) is -0.267. The molecular formula is C29H32FN3O4S. The highest BCUT2D eigenvalue weighted by atomic mass is 32.2. The fourth-order valence-electron chi connectivity index (χ4n) is 3.84. The SMILES string of the molecule is CC(C)CNC(=O)[C@H](Cc1ccccc1)N(Cc1ccccc1F)C(=O)CSCc1ccc([N+](=O)[O-])cc1. The van der Waals surface area contributed by atoms with Crippen LogP contribution in [0.4, 0.5) is 10.1 Å². The first-order valence-electron chi connectivity index (χ1n) is 12.4. The van der Waals surface area contributed by atoms with Crippen LogP contribution >= 0.6 is 11.8 Å². The summed E-state index contributed by atoms with van der Waals surface area (Å²) in [7, 11) is 0. The van der Waals surface area contributed by atoms with Crippen molar-refractivity contribution in [2.45, 2.75) is 38.6 Å². The highest BCUT2D eigenvalue weighted by Crippen LogP contribution is 2.21. The lowest BCUT2D eigenvalue weighted by molar-refractivity contribution is -0.384. The Morgan fingerprint density at radius 1 is 0.974 bits per heavy atom. The normalized spacial score (nSPS) is 11.7. The van der Waals surface area contributed by atoms with Gasteiger partial charge in [0.15, 0.2) is 0 Å². The molecule has 3 aromatic rings. The zero-order valence-corrected chi connectivity index (χ0v) is 22.3. The lowest BCUT2D eigenvalue weighted by atomic mass is 10.0. The van der Waals surface area contributed by atoms with Gasteiger partial charge in [-0.25, -0.2) is 4.39 Å². The molecule has 0 spiro atoms. The summed E-state index contributed by atoms with van der Waals surface area (Å²) in [6.07, 6.45) is 0.290. The fraction of sp³-hybridized carbons (Fsp3) is 0.310. The number of rotatable bonds is 13. The number of halogens is 1. The minimum Gasteiger partial charge on any atom is -0.354 e. The third kappa shape index (κ3) is 8.69. The first-order valence-corrected chi connectivity index (χ1v) is 13.6. The van der Waals surface area contributed by atoms with Crippen molar-refractivity contribution < 1.29 is 18.9 Å². The molecule has 9 heteroatoms. The number of thioether (sulfide) groups is 1. The number of hydrogen-bond acceptors (Lipinski definition) is 5. The minimum atomic E-state index is -0.830. The van der Waals surface area contributed by atoms with Gasteiger partial charge >= 0.3 is 0 Å². The largest absolute Gasteiger partial charge is 0.354 e. The molecule has 0 radical (unpaired) electrons. The summed E-state index contributed by atoms with van der Waals surface area (Å²) in [4.78, 5) is 38.9. The number of carbonyl (C=O) groups is 2. The molecule has 0 unspecified atom stereocenters. The highest BCUT2D eigenvalue weighted by Gasteiger charge is 2.30. The van der Waals surface area contributed by atoms with Crippen LogP contribution in [-0.2, 0) is 28.3 Å². The van der Waals surface area contributed by atoms with Gasteiger partial charge in [-0.15, -0.1) is 11.8 Å². The van der Waals surface area contributed by atoms with Crippen LogP contribution in [0.5, 0.6) is 0 Å². The van der Waals surface area contributed by atoms with Crippen molar-refractivity contribution in [3.05, 3.63) is 111 Å². The molecule has 0 aliphatic heterocycles. The minimum absolute atomic E-state index is 0.00190. The zero-order valence-electron chi connectivity index (χ0n) is 21.5. The van der Waals surface area contributed by atoms with Gasteiger partial charge in [-0.2, -0.15) is 0 Å². The zero-order chi connectivity index (χ0) is 27.5. The van der Waals surface area contributed by atoms with E-state index >= 15 is 0 Å². The van der Waals surface area contributed by atoms with E-state index in [1.165, 1.54) is 34.9 Å². The lowest BCUT2D eigenvalue weighted by Crippen LogP contribution is -2.51. The van der Waals surface area contributed by atoms with Crippen molar-refractivity contribution >= 4 is 29.3 Å². The van der Waals surface area contributed by atoms with E-state index in [4.69, 9.17) is 0 Å². The Kier molecular flexibility index (Phi) is 10.8. The summed E-state index contributed by atoms with van der Waals surface area (Å²) in [5.41, 5.74) is 2.06. The second-order valence-corrected chi connectivity index (χ2v) is 10.4. The van der Waals surface area contributed by atoms with Crippen LogP contribution in [0.2, 0.25) is 0 Å². The molecule has 38 heavy (non-hydrogen) atoms. The number of amides is 2. The highest BCUT2D eigenvalue weighted by molar-refractivity contribution is 7.99. The van der Waals surface area contributed by atoms with Gasteiger partial charge in [0.2, 0.25) is 11.8 Å². The van der Waals surface area contributed by atoms with Crippen LogP contribution in [0.1, 0.15) is 30.5 Å². The maximum absolute atomic E-state index is 14.6. The lowest BCUT2D eigenvalue weighted by Gasteiger charge is -2.32. The van der Waals surface area contributed by atoms with Crippen molar-refractivity contribution in [1.29, 1.82) is 0 Å². The summed E-state index contributed by atoms with van der Waals surface area (Å²) in [6.45, 7) is 4.39. The molecule has 0 saturated heterocycles. The maximum Gasteiger partial charge on any atom is 0.269 e. The van der Waals surface area contributed by atoms with Crippen LogP contribution in [0.25, 0.3) is 0 Å². The Labute approximate surface area is 226 Å². The Bertz CT molecular complexity index is 1220. The van der Waals surface area contributed by atoms with Gasteiger partial charge < -0.3 is 10.2 Å².